The van der Waals surface area contributed by atoms with Crippen molar-refractivity contribution < 1.29 is 9.53 Å². The van der Waals surface area contributed by atoms with E-state index >= 15 is 0 Å². The quantitative estimate of drug-likeness (QED) is 0.216. The number of nitrogens with one attached hydrogen (secondary N) is 2. The van der Waals surface area contributed by atoms with Gasteiger partial charge in [-0.1, -0.05) is 23.8 Å². The van der Waals surface area contributed by atoms with Crippen LogP contribution in [0.3, 0.4) is 0 Å². The van der Waals surface area contributed by atoms with Crippen molar-refractivity contribution >= 4 is 35.8 Å². The second-order valence-electron chi connectivity index (χ2n) is 6.67. The van der Waals surface area contributed by atoms with E-state index in [0.717, 1.165) is 17.9 Å². The molecule has 8 heteroatoms. The summed E-state index contributed by atoms with van der Waals surface area (Å²) < 4.78 is 5.70. The highest BCUT2D eigenvalue weighted by Gasteiger charge is 2.09. The van der Waals surface area contributed by atoms with Crippen molar-refractivity contribution in [3.8, 4) is 5.75 Å². The van der Waals surface area contributed by atoms with Crippen LogP contribution in [-0.4, -0.2) is 61.6 Å². The molecule has 2 N–H and O–H groups in total. The number of ether oxygens (including phenoxy) is 1. The van der Waals surface area contributed by atoms with Crippen LogP contribution in [0, 0.1) is 6.92 Å². The van der Waals surface area contributed by atoms with Gasteiger partial charge in [-0.2, -0.15) is 0 Å². The summed E-state index contributed by atoms with van der Waals surface area (Å²) in [7, 11) is 1.79. The SMILES string of the molecule is CCNC(=NCC(=O)N(C)CCc1ccccn1)NCCOc1ccc(C)cc1.I. The standard InChI is InChI=1S/C22H31N5O2.HI/c1-4-23-22(25-14-16-29-20-10-8-18(2)9-11-20)26-17-21(28)27(3)15-12-19-7-5-6-13-24-19;/h5-11,13H,4,12,14-17H2,1-3H3,(H2,23,25,26);1H. The fourth-order valence-corrected chi connectivity index (χ4v) is 2.53. The Morgan fingerprint density at radius 3 is 2.60 bits per heavy atom. The Hall–Kier alpha value is -2.36. The monoisotopic (exact) mass is 525 g/mol. The van der Waals surface area contributed by atoms with Gasteiger partial charge in [-0.3, -0.25) is 9.78 Å². The Kier molecular flexibility index (Phi) is 12.5. The van der Waals surface area contributed by atoms with Gasteiger partial charge in [0.15, 0.2) is 5.96 Å². The molecule has 0 bridgehead atoms. The lowest BCUT2D eigenvalue weighted by Crippen LogP contribution is -2.40. The number of hydrogen-bond acceptors (Lipinski definition) is 4. The summed E-state index contributed by atoms with van der Waals surface area (Å²) in [6, 6.07) is 13.7. The molecule has 1 amide bonds. The van der Waals surface area contributed by atoms with Gasteiger partial charge in [-0.15, -0.1) is 24.0 Å². The maximum Gasteiger partial charge on any atom is 0.244 e. The van der Waals surface area contributed by atoms with Crippen molar-refractivity contribution in [2.45, 2.75) is 20.3 Å². The molecule has 0 unspecified atom stereocenters. The smallest absolute Gasteiger partial charge is 0.244 e. The van der Waals surface area contributed by atoms with E-state index in [9.17, 15) is 4.79 Å². The molecule has 1 heterocycles. The van der Waals surface area contributed by atoms with Crippen molar-refractivity contribution in [2.24, 2.45) is 4.99 Å². The number of guanidine groups is 1. The molecule has 0 radical (unpaired) electrons. The normalized spacial score (nSPS) is 10.7. The number of aromatic nitrogens is 1. The van der Waals surface area contributed by atoms with Crippen LogP contribution in [0.1, 0.15) is 18.2 Å². The summed E-state index contributed by atoms with van der Waals surface area (Å²) in [5.74, 6) is 1.41. The predicted octanol–water partition coefficient (Wildman–Crippen LogP) is 2.64. The number of nitrogens with zero attached hydrogens (tertiary/aromatic N) is 3. The number of carbonyl (C=O) groups excluding carboxylic acids is 1. The van der Waals surface area contributed by atoms with E-state index in [1.165, 1.54) is 5.56 Å². The van der Waals surface area contributed by atoms with Gasteiger partial charge in [-0.05, 0) is 38.1 Å². The second-order valence-corrected chi connectivity index (χ2v) is 6.67. The Bertz CT molecular complexity index is 769. The van der Waals surface area contributed by atoms with Gasteiger partial charge in [0.05, 0.1) is 6.54 Å². The average Bonchev–Trinajstić information content (AvgIpc) is 2.75. The molecule has 0 fully saturated rings. The first-order valence-corrected chi connectivity index (χ1v) is 9.94. The minimum absolute atomic E-state index is 0. The van der Waals surface area contributed by atoms with Gasteiger partial charge < -0.3 is 20.3 Å². The molecular formula is C22H32IN5O2. The zero-order valence-electron chi connectivity index (χ0n) is 17.9. The lowest BCUT2D eigenvalue weighted by Gasteiger charge is -2.17. The van der Waals surface area contributed by atoms with Crippen LogP contribution in [0.2, 0.25) is 0 Å². The molecule has 0 aliphatic rings. The van der Waals surface area contributed by atoms with Gasteiger partial charge in [0.2, 0.25) is 5.91 Å². The molecule has 0 saturated heterocycles. The number of amides is 1. The number of halogens is 1. The molecule has 0 spiro atoms. The molecule has 30 heavy (non-hydrogen) atoms. The highest BCUT2D eigenvalue weighted by atomic mass is 127. The molecular weight excluding hydrogens is 493 g/mol. The van der Waals surface area contributed by atoms with Crippen LogP contribution in [0.25, 0.3) is 0 Å². The summed E-state index contributed by atoms with van der Waals surface area (Å²) in [5.41, 5.74) is 2.17. The number of aryl methyl sites for hydroxylation is 1. The van der Waals surface area contributed by atoms with Gasteiger partial charge in [0.1, 0.15) is 18.9 Å². The Morgan fingerprint density at radius 2 is 1.93 bits per heavy atom. The molecule has 2 rings (SSSR count). The number of aliphatic imine (C=N–C) groups is 1. The number of hydrogen-bond donors (Lipinski definition) is 2. The van der Waals surface area contributed by atoms with E-state index in [0.29, 0.717) is 32.2 Å². The summed E-state index contributed by atoms with van der Waals surface area (Å²) >= 11 is 0. The molecule has 0 aliphatic carbocycles. The predicted molar refractivity (Wildman–Crippen MR) is 132 cm³/mol. The maximum atomic E-state index is 12.3. The van der Waals surface area contributed by atoms with Gasteiger partial charge in [0.25, 0.3) is 0 Å². The number of likely N-dealkylation sites (N-methyl/N-ethyl adjacent to an activating group) is 1. The Morgan fingerprint density at radius 1 is 1.17 bits per heavy atom. The van der Waals surface area contributed by atoms with E-state index in [1.54, 1.807) is 18.1 Å². The highest BCUT2D eigenvalue weighted by Crippen LogP contribution is 2.10. The number of pyridine rings is 1. The van der Waals surface area contributed by atoms with Gasteiger partial charge in [0, 0.05) is 38.4 Å². The van der Waals surface area contributed by atoms with E-state index in [4.69, 9.17) is 4.74 Å². The van der Waals surface area contributed by atoms with Crippen LogP contribution in [0.5, 0.6) is 5.75 Å². The molecule has 1 aromatic carbocycles. The lowest BCUT2D eigenvalue weighted by molar-refractivity contribution is -0.128. The molecule has 0 atom stereocenters. The second kappa shape index (κ2) is 14.6. The molecule has 7 nitrogen and oxygen atoms in total. The minimum Gasteiger partial charge on any atom is -0.492 e. The van der Waals surface area contributed by atoms with Crippen LogP contribution < -0.4 is 15.4 Å². The Labute approximate surface area is 196 Å². The van der Waals surface area contributed by atoms with E-state index < -0.39 is 0 Å². The van der Waals surface area contributed by atoms with Crippen LogP contribution >= 0.6 is 24.0 Å². The third kappa shape index (κ3) is 9.91. The van der Waals surface area contributed by atoms with Crippen molar-refractivity contribution in [1.82, 2.24) is 20.5 Å². The summed E-state index contributed by atoms with van der Waals surface area (Å²) in [6.07, 6.45) is 2.49. The average molecular weight is 525 g/mol. The molecule has 1 aromatic heterocycles. The number of carbonyl (C=O) groups is 1. The topological polar surface area (TPSA) is 78.9 Å². The van der Waals surface area contributed by atoms with Crippen LogP contribution in [0.4, 0.5) is 0 Å². The number of benzene rings is 1. The van der Waals surface area contributed by atoms with Crippen molar-refractivity contribution in [3.63, 3.8) is 0 Å². The first-order chi connectivity index (χ1) is 14.1. The zero-order chi connectivity index (χ0) is 20.9. The van der Waals surface area contributed by atoms with E-state index in [1.807, 2.05) is 56.3 Å². The summed E-state index contributed by atoms with van der Waals surface area (Å²) in [6.45, 7) is 6.54. The van der Waals surface area contributed by atoms with Crippen molar-refractivity contribution in [3.05, 3.63) is 59.9 Å². The van der Waals surface area contributed by atoms with Crippen LogP contribution in [-0.2, 0) is 11.2 Å². The first kappa shape index (κ1) is 25.7. The lowest BCUT2D eigenvalue weighted by atomic mass is 10.2. The van der Waals surface area contributed by atoms with E-state index in [2.05, 4.69) is 20.6 Å². The van der Waals surface area contributed by atoms with Gasteiger partial charge in [-0.25, -0.2) is 4.99 Å². The zero-order valence-corrected chi connectivity index (χ0v) is 20.3. The number of rotatable bonds is 10. The first-order valence-electron chi connectivity index (χ1n) is 9.94. The largest absolute Gasteiger partial charge is 0.492 e. The molecule has 2 aromatic rings. The fraction of sp³-hybridized carbons (Fsp3) is 0.409. The molecule has 0 saturated carbocycles. The van der Waals surface area contributed by atoms with E-state index in [-0.39, 0.29) is 36.4 Å². The molecule has 164 valence electrons. The Balaban J connectivity index is 0.00000450. The third-order valence-electron chi connectivity index (χ3n) is 4.26. The summed E-state index contributed by atoms with van der Waals surface area (Å²) in [5, 5.41) is 6.33. The maximum absolute atomic E-state index is 12.3. The fourth-order valence-electron chi connectivity index (χ4n) is 2.53. The highest BCUT2D eigenvalue weighted by molar-refractivity contribution is 14.0. The van der Waals surface area contributed by atoms with Crippen molar-refractivity contribution in [1.29, 1.82) is 0 Å². The molecule has 0 aliphatic heterocycles. The summed E-state index contributed by atoms with van der Waals surface area (Å²) in [4.78, 5) is 22.7. The van der Waals surface area contributed by atoms with Crippen molar-refractivity contribution in [2.75, 3.05) is 39.8 Å². The third-order valence-corrected chi connectivity index (χ3v) is 4.26. The minimum atomic E-state index is -0.0333. The van der Waals surface area contributed by atoms with Gasteiger partial charge >= 0.3 is 0 Å². The van der Waals surface area contributed by atoms with Crippen LogP contribution in [0.15, 0.2) is 53.7 Å².